The number of hydrogen-bond acceptors (Lipinski definition) is 9. The third-order valence-corrected chi connectivity index (χ3v) is 7.65. The second kappa shape index (κ2) is 8.21. The van der Waals surface area contributed by atoms with Gasteiger partial charge >= 0.3 is 0 Å². The van der Waals surface area contributed by atoms with E-state index in [0.29, 0.717) is 11.1 Å². The first-order valence-corrected chi connectivity index (χ1v) is 11.2. The maximum atomic E-state index is 12.8. The highest BCUT2D eigenvalue weighted by Gasteiger charge is 2.61. The van der Waals surface area contributed by atoms with Crippen molar-refractivity contribution in [1.29, 1.82) is 0 Å². The van der Waals surface area contributed by atoms with Crippen LogP contribution in [-0.4, -0.2) is 63.5 Å². The van der Waals surface area contributed by atoms with E-state index in [0.717, 1.165) is 0 Å². The first-order chi connectivity index (χ1) is 16.7. The van der Waals surface area contributed by atoms with Crippen LogP contribution in [0.4, 0.5) is 0 Å². The summed E-state index contributed by atoms with van der Waals surface area (Å²) in [6.07, 6.45) is 5.52. The smallest absolute Gasteiger partial charge is 0.258 e. The molecule has 1 aromatic rings. The third-order valence-electron chi connectivity index (χ3n) is 7.65. The minimum atomic E-state index is -0.874. The molecule has 6 atom stereocenters. The lowest BCUT2D eigenvalue weighted by Crippen LogP contribution is -2.43. The lowest BCUT2D eigenvalue weighted by Gasteiger charge is -2.42. The van der Waals surface area contributed by atoms with Crippen LogP contribution in [0, 0.1) is 35.5 Å². The van der Waals surface area contributed by atoms with Crippen molar-refractivity contribution in [1.82, 2.24) is 10.1 Å². The molecule has 2 saturated heterocycles. The van der Waals surface area contributed by atoms with Gasteiger partial charge < -0.3 is 14.6 Å². The van der Waals surface area contributed by atoms with Gasteiger partial charge in [-0.05, 0) is 36.5 Å². The molecule has 0 unspecified atom stereocenters. The molecule has 11 heteroatoms. The number of carbonyl (C=O) groups excluding carboxylic acids is 4. The van der Waals surface area contributed by atoms with Gasteiger partial charge in [-0.3, -0.25) is 29.6 Å². The quantitative estimate of drug-likeness (QED) is 0.327. The standard InChI is InChI=1S/C24H24N2O9/c1-34-16-7-10(8-17(35-2)20(16)27)3-4-12-11-5-6-13-19(24(31)25(32)21(13)28)14(11)9-15-18(12)23(30)26(33)22(15)29/h3-5,7-8,12-15,18-19,27,32-33H,6,9H2,1-2H3/t12-,13-,14+,15+,18-,19-/m0/s1. The van der Waals surface area contributed by atoms with Crippen molar-refractivity contribution in [2.75, 3.05) is 14.2 Å². The lowest BCUT2D eigenvalue weighted by molar-refractivity contribution is -0.174. The van der Waals surface area contributed by atoms with E-state index in [1.165, 1.54) is 14.2 Å². The number of hydroxylamine groups is 4. The van der Waals surface area contributed by atoms with Crippen LogP contribution in [-0.2, 0) is 19.2 Å². The predicted molar refractivity (Wildman–Crippen MR) is 116 cm³/mol. The van der Waals surface area contributed by atoms with E-state index < -0.39 is 59.1 Å². The van der Waals surface area contributed by atoms with E-state index in [1.807, 2.05) is 0 Å². The first kappa shape index (κ1) is 23.1. The van der Waals surface area contributed by atoms with E-state index >= 15 is 0 Å². The minimum absolute atomic E-state index is 0.108. The van der Waals surface area contributed by atoms with Crippen LogP contribution in [0.15, 0.2) is 29.9 Å². The summed E-state index contributed by atoms with van der Waals surface area (Å²) in [6, 6.07) is 3.14. The van der Waals surface area contributed by atoms with Crippen LogP contribution in [0.1, 0.15) is 18.4 Å². The summed E-state index contributed by atoms with van der Waals surface area (Å²) < 4.78 is 10.4. The summed E-state index contributed by atoms with van der Waals surface area (Å²) in [6.45, 7) is 0. The average molecular weight is 484 g/mol. The van der Waals surface area contributed by atoms with E-state index in [-0.39, 0.29) is 40.2 Å². The number of carbonyl (C=O) groups is 4. The number of ether oxygens (including phenoxy) is 2. The van der Waals surface area contributed by atoms with Gasteiger partial charge in [0.05, 0.1) is 37.9 Å². The molecule has 0 radical (unpaired) electrons. The third kappa shape index (κ3) is 3.26. The highest BCUT2D eigenvalue weighted by Crippen LogP contribution is 2.55. The van der Waals surface area contributed by atoms with Crippen molar-refractivity contribution in [2.45, 2.75) is 12.8 Å². The van der Waals surface area contributed by atoms with Gasteiger partial charge in [0.1, 0.15) is 0 Å². The number of allylic oxidation sites excluding steroid dienone is 3. The van der Waals surface area contributed by atoms with E-state index in [4.69, 9.17) is 9.47 Å². The van der Waals surface area contributed by atoms with Gasteiger partial charge in [0.25, 0.3) is 23.6 Å². The zero-order chi connectivity index (χ0) is 25.2. The van der Waals surface area contributed by atoms with Gasteiger partial charge in [0.15, 0.2) is 11.5 Å². The molecule has 0 spiro atoms. The molecule has 1 saturated carbocycles. The Balaban J connectivity index is 1.58. The van der Waals surface area contributed by atoms with Gasteiger partial charge in [-0.2, -0.15) is 10.1 Å². The highest BCUT2D eigenvalue weighted by molar-refractivity contribution is 6.06. The number of phenolic OH excluding ortho intramolecular Hbond substituents is 1. The Morgan fingerprint density at radius 2 is 1.43 bits per heavy atom. The molecule has 11 nitrogen and oxygen atoms in total. The Morgan fingerprint density at radius 3 is 2.03 bits per heavy atom. The Kier molecular flexibility index (Phi) is 5.41. The minimum Gasteiger partial charge on any atom is -0.502 e. The summed E-state index contributed by atoms with van der Waals surface area (Å²) in [5, 5.41) is 30.5. The van der Waals surface area contributed by atoms with E-state index in [9.17, 15) is 34.7 Å². The predicted octanol–water partition coefficient (Wildman–Crippen LogP) is 1.37. The molecular weight excluding hydrogens is 460 g/mol. The summed E-state index contributed by atoms with van der Waals surface area (Å²) in [5.41, 5.74) is 1.30. The molecular formula is C24H24N2O9. The Hall–Kier alpha value is -3.70. The molecule has 2 aliphatic carbocycles. The molecule has 2 heterocycles. The zero-order valence-corrected chi connectivity index (χ0v) is 19.0. The molecule has 2 aliphatic heterocycles. The first-order valence-electron chi connectivity index (χ1n) is 11.2. The zero-order valence-electron chi connectivity index (χ0n) is 19.0. The Labute approximate surface area is 199 Å². The number of phenols is 1. The number of imide groups is 2. The number of nitrogens with zero attached hydrogens (tertiary/aromatic N) is 2. The number of rotatable bonds is 4. The lowest BCUT2D eigenvalue weighted by atomic mass is 9.58. The number of benzene rings is 1. The van der Waals surface area contributed by atoms with Gasteiger partial charge in [-0.1, -0.05) is 23.8 Å². The van der Waals surface area contributed by atoms with Crippen LogP contribution in [0.3, 0.4) is 0 Å². The van der Waals surface area contributed by atoms with Crippen LogP contribution in [0.25, 0.3) is 6.08 Å². The maximum absolute atomic E-state index is 12.8. The highest BCUT2D eigenvalue weighted by atomic mass is 16.5. The second-order valence-electron chi connectivity index (χ2n) is 9.18. The van der Waals surface area contributed by atoms with Crippen molar-refractivity contribution in [3.05, 3.63) is 35.4 Å². The fourth-order valence-electron chi connectivity index (χ4n) is 6.04. The molecule has 35 heavy (non-hydrogen) atoms. The summed E-state index contributed by atoms with van der Waals surface area (Å²) in [4.78, 5) is 50.6. The number of amides is 4. The van der Waals surface area contributed by atoms with Gasteiger partial charge in [0.2, 0.25) is 5.75 Å². The number of methoxy groups -OCH3 is 2. The average Bonchev–Trinajstić information content (AvgIpc) is 3.22. The number of hydrogen-bond donors (Lipinski definition) is 3. The normalized spacial score (nSPS) is 32.1. The molecule has 4 amide bonds. The maximum Gasteiger partial charge on any atom is 0.258 e. The van der Waals surface area contributed by atoms with Crippen molar-refractivity contribution >= 4 is 29.7 Å². The summed E-state index contributed by atoms with van der Waals surface area (Å²) in [7, 11) is 2.79. The molecule has 1 aromatic carbocycles. The molecule has 4 aliphatic rings. The van der Waals surface area contributed by atoms with Gasteiger partial charge in [0, 0.05) is 5.92 Å². The van der Waals surface area contributed by atoms with Crippen LogP contribution in [0.2, 0.25) is 0 Å². The number of fused-ring (bicyclic) bond motifs is 4. The fourth-order valence-corrected chi connectivity index (χ4v) is 6.04. The largest absolute Gasteiger partial charge is 0.502 e. The van der Waals surface area contributed by atoms with E-state index in [2.05, 4.69) is 0 Å². The van der Waals surface area contributed by atoms with Gasteiger partial charge in [-0.15, -0.1) is 0 Å². The van der Waals surface area contributed by atoms with Crippen molar-refractivity contribution in [3.63, 3.8) is 0 Å². The molecule has 5 rings (SSSR count). The Bertz CT molecular complexity index is 1180. The molecule has 3 N–H and O–H groups in total. The van der Waals surface area contributed by atoms with Crippen molar-refractivity contribution in [3.8, 4) is 17.2 Å². The van der Waals surface area contributed by atoms with E-state index in [1.54, 1.807) is 30.4 Å². The monoisotopic (exact) mass is 484 g/mol. The van der Waals surface area contributed by atoms with Crippen LogP contribution < -0.4 is 9.47 Å². The topological polar surface area (TPSA) is 154 Å². The molecule has 0 aromatic heterocycles. The SMILES string of the molecule is COc1cc(C=C[C@H]2C3=CC[C@@H]4C(=O)N(O)C(=O)[C@@H]4[C@@H]3C[C@H]3C(=O)N(O)C(=O)[C@@H]23)cc(OC)c1O. The van der Waals surface area contributed by atoms with Crippen molar-refractivity contribution < 1.29 is 44.2 Å². The molecule has 0 bridgehead atoms. The molecule has 184 valence electrons. The Morgan fingerprint density at radius 1 is 0.857 bits per heavy atom. The van der Waals surface area contributed by atoms with Crippen LogP contribution >= 0.6 is 0 Å². The van der Waals surface area contributed by atoms with Gasteiger partial charge in [-0.25, -0.2) is 0 Å². The second-order valence-corrected chi connectivity index (χ2v) is 9.18. The fraction of sp³-hybridized carbons (Fsp3) is 0.417. The number of aromatic hydroxyl groups is 1. The van der Waals surface area contributed by atoms with Crippen LogP contribution in [0.5, 0.6) is 17.2 Å². The summed E-state index contributed by atoms with van der Waals surface area (Å²) >= 11 is 0. The summed E-state index contributed by atoms with van der Waals surface area (Å²) in [5.74, 6) is -7.20. The molecule has 3 fully saturated rings. The van der Waals surface area contributed by atoms with Crippen molar-refractivity contribution in [2.24, 2.45) is 35.5 Å².